The number of rotatable bonds is 2. The van der Waals surface area contributed by atoms with E-state index in [9.17, 15) is 9.59 Å². The number of aryl methyl sites for hydroxylation is 1. The van der Waals surface area contributed by atoms with E-state index in [2.05, 4.69) is 4.98 Å². The molecule has 2 heterocycles. The molecule has 0 spiro atoms. The Morgan fingerprint density at radius 3 is 2.70 bits per heavy atom. The van der Waals surface area contributed by atoms with Gasteiger partial charge in [-0.3, -0.25) is 4.79 Å². The maximum absolute atomic E-state index is 12.5. The summed E-state index contributed by atoms with van der Waals surface area (Å²) in [5, 5.41) is 0. The average molecular weight is 296 g/mol. The molecule has 0 radical (unpaired) electrons. The van der Waals surface area contributed by atoms with Gasteiger partial charge in [-0.25, -0.2) is 9.78 Å². The van der Waals surface area contributed by atoms with Crippen LogP contribution in [0.5, 0.6) is 0 Å². The molecule has 0 N–H and O–H groups in total. The lowest BCUT2D eigenvalue weighted by molar-refractivity contribution is -0.159. The molecule has 1 aromatic rings. The van der Waals surface area contributed by atoms with Crippen molar-refractivity contribution < 1.29 is 14.3 Å². The first-order valence-corrected chi connectivity index (χ1v) is 7.61. The summed E-state index contributed by atoms with van der Waals surface area (Å²) in [5.41, 5.74) is 1.84. The second-order valence-electron chi connectivity index (χ2n) is 5.96. The predicted octanol–water partition coefficient (Wildman–Crippen LogP) is 2.40. The van der Waals surface area contributed by atoms with Crippen LogP contribution in [0, 0.1) is 6.92 Å². The van der Waals surface area contributed by atoms with Gasteiger partial charge in [-0.15, -0.1) is 11.3 Å². The summed E-state index contributed by atoms with van der Waals surface area (Å²) in [6.07, 6.45) is 1.49. The van der Waals surface area contributed by atoms with E-state index in [0.29, 0.717) is 17.8 Å². The van der Waals surface area contributed by atoms with E-state index in [0.717, 1.165) is 12.1 Å². The first-order chi connectivity index (χ1) is 9.29. The van der Waals surface area contributed by atoms with Crippen molar-refractivity contribution in [2.24, 2.45) is 0 Å². The van der Waals surface area contributed by atoms with Crippen LogP contribution in [0.25, 0.3) is 0 Å². The second kappa shape index (κ2) is 5.52. The van der Waals surface area contributed by atoms with E-state index >= 15 is 0 Å². The van der Waals surface area contributed by atoms with Gasteiger partial charge in [0.25, 0.3) is 5.91 Å². The van der Waals surface area contributed by atoms with Gasteiger partial charge in [0.2, 0.25) is 0 Å². The molecule has 5 nitrogen and oxygen atoms in total. The monoisotopic (exact) mass is 296 g/mol. The Labute approximate surface area is 122 Å². The van der Waals surface area contributed by atoms with E-state index in [1.807, 2.05) is 27.7 Å². The largest absolute Gasteiger partial charge is 0.458 e. The smallest absolute Gasteiger partial charge is 0.329 e. The Kier molecular flexibility index (Phi) is 4.13. The molecule has 6 heteroatoms. The topological polar surface area (TPSA) is 59.5 Å². The SMILES string of the molecule is Cc1ncsc1C(=O)N1CCC[C@H]1C(=O)OC(C)(C)C. The fourth-order valence-electron chi connectivity index (χ4n) is 2.26. The Morgan fingerprint density at radius 2 is 2.15 bits per heavy atom. The number of likely N-dealkylation sites (tertiary alicyclic amines) is 1. The quantitative estimate of drug-likeness (QED) is 0.786. The van der Waals surface area contributed by atoms with Crippen LogP contribution in [-0.2, 0) is 9.53 Å². The summed E-state index contributed by atoms with van der Waals surface area (Å²) in [4.78, 5) is 31.0. The summed E-state index contributed by atoms with van der Waals surface area (Å²) in [5.74, 6) is -0.427. The zero-order valence-corrected chi connectivity index (χ0v) is 13.1. The number of hydrogen-bond acceptors (Lipinski definition) is 5. The van der Waals surface area contributed by atoms with E-state index in [-0.39, 0.29) is 11.9 Å². The van der Waals surface area contributed by atoms with E-state index < -0.39 is 11.6 Å². The molecule has 20 heavy (non-hydrogen) atoms. The number of hydrogen-bond donors (Lipinski definition) is 0. The summed E-state index contributed by atoms with van der Waals surface area (Å²) in [6, 6.07) is -0.469. The number of thiazole rings is 1. The van der Waals surface area contributed by atoms with Crippen molar-refractivity contribution in [3.05, 3.63) is 16.1 Å². The van der Waals surface area contributed by atoms with Gasteiger partial charge in [-0.05, 0) is 40.5 Å². The number of aromatic nitrogens is 1. The molecule has 110 valence electrons. The van der Waals surface area contributed by atoms with E-state index in [4.69, 9.17) is 4.74 Å². The zero-order chi connectivity index (χ0) is 14.9. The van der Waals surface area contributed by atoms with Crippen molar-refractivity contribution in [2.45, 2.75) is 52.2 Å². The van der Waals surface area contributed by atoms with Gasteiger partial charge >= 0.3 is 5.97 Å². The van der Waals surface area contributed by atoms with Gasteiger partial charge in [0, 0.05) is 6.54 Å². The lowest BCUT2D eigenvalue weighted by Gasteiger charge is -2.27. The van der Waals surface area contributed by atoms with Crippen molar-refractivity contribution in [3.63, 3.8) is 0 Å². The van der Waals surface area contributed by atoms with Crippen LogP contribution in [0.2, 0.25) is 0 Å². The third-order valence-electron chi connectivity index (χ3n) is 3.13. The third-order valence-corrected chi connectivity index (χ3v) is 4.05. The Hall–Kier alpha value is -1.43. The molecule has 0 aromatic carbocycles. The number of amides is 1. The molecular weight excluding hydrogens is 276 g/mol. The van der Waals surface area contributed by atoms with Crippen LogP contribution in [0.15, 0.2) is 5.51 Å². The average Bonchev–Trinajstić information content (AvgIpc) is 2.93. The van der Waals surface area contributed by atoms with Gasteiger partial charge in [0.15, 0.2) is 0 Å². The molecular formula is C14H20N2O3S. The fourth-order valence-corrected chi connectivity index (χ4v) is 3.02. The van der Waals surface area contributed by atoms with Crippen molar-refractivity contribution in [3.8, 4) is 0 Å². The predicted molar refractivity (Wildman–Crippen MR) is 76.8 cm³/mol. The van der Waals surface area contributed by atoms with Gasteiger partial charge < -0.3 is 9.64 Å². The van der Waals surface area contributed by atoms with Crippen molar-refractivity contribution >= 4 is 23.2 Å². The molecule has 0 saturated carbocycles. The minimum Gasteiger partial charge on any atom is -0.458 e. The lowest BCUT2D eigenvalue weighted by Crippen LogP contribution is -2.43. The highest BCUT2D eigenvalue weighted by molar-refractivity contribution is 7.11. The summed E-state index contributed by atoms with van der Waals surface area (Å²) in [7, 11) is 0. The first-order valence-electron chi connectivity index (χ1n) is 6.73. The highest BCUT2D eigenvalue weighted by Crippen LogP contribution is 2.25. The van der Waals surface area contributed by atoms with Gasteiger partial charge in [-0.1, -0.05) is 0 Å². The molecule has 1 fully saturated rings. The second-order valence-corrected chi connectivity index (χ2v) is 6.81. The van der Waals surface area contributed by atoms with Crippen LogP contribution in [0.3, 0.4) is 0 Å². The van der Waals surface area contributed by atoms with Gasteiger partial charge in [0.05, 0.1) is 11.2 Å². The molecule has 1 atom stereocenters. The molecule has 0 bridgehead atoms. The van der Waals surface area contributed by atoms with Crippen molar-refractivity contribution in [1.29, 1.82) is 0 Å². The lowest BCUT2D eigenvalue weighted by atomic mass is 10.1. The molecule has 1 aromatic heterocycles. The molecule has 0 unspecified atom stereocenters. The molecule has 0 aliphatic carbocycles. The Balaban J connectivity index is 2.13. The van der Waals surface area contributed by atoms with Crippen LogP contribution >= 0.6 is 11.3 Å². The van der Waals surface area contributed by atoms with E-state index in [1.54, 1.807) is 10.4 Å². The van der Waals surface area contributed by atoms with Crippen LogP contribution in [0.4, 0.5) is 0 Å². The fraction of sp³-hybridized carbons (Fsp3) is 0.643. The number of esters is 1. The summed E-state index contributed by atoms with van der Waals surface area (Å²) >= 11 is 1.32. The number of carbonyl (C=O) groups excluding carboxylic acids is 2. The number of ether oxygens (including phenoxy) is 1. The standard InChI is InChI=1S/C14H20N2O3S/c1-9-11(20-8-15-9)12(17)16-7-5-6-10(16)13(18)19-14(2,3)4/h8,10H,5-7H2,1-4H3/t10-/m0/s1. The molecule has 1 aliphatic heterocycles. The highest BCUT2D eigenvalue weighted by Gasteiger charge is 2.38. The molecule has 1 saturated heterocycles. The first kappa shape index (κ1) is 15.0. The highest BCUT2D eigenvalue weighted by atomic mass is 32.1. The van der Waals surface area contributed by atoms with Crippen LogP contribution in [0.1, 0.15) is 49.0 Å². The van der Waals surface area contributed by atoms with Gasteiger partial charge in [0.1, 0.15) is 16.5 Å². The Bertz CT molecular complexity index is 519. The normalized spacial score (nSPS) is 19.2. The maximum atomic E-state index is 12.5. The number of nitrogens with zero attached hydrogens (tertiary/aromatic N) is 2. The summed E-state index contributed by atoms with van der Waals surface area (Å²) in [6.45, 7) is 7.90. The zero-order valence-electron chi connectivity index (χ0n) is 12.3. The minimum absolute atomic E-state index is 0.113. The molecule has 1 aliphatic rings. The maximum Gasteiger partial charge on any atom is 0.329 e. The van der Waals surface area contributed by atoms with Crippen LogP contribution in [-0.4, -0.2) is 39.9 Å². The van der Waals surface area contributed by atoms with E-state index in [1.165, 1.54) is 11.3 Å². The minimum atomic E-state index is -0.533. The van der Waals surface area contributed by atoms with Crippen molar-refractivity contribution in [1.82, 2.24) is 9.88 Å². The Morgan fingerprint density at radius 1 is 1.45 bits per heavy atom. The molecule has 1 amide bonds. The van der Waals surface area contributed by atoms with Crippen molar-refractivity contribution in [2.75, 3.05) is 6.54 Å². The third kappa shape index (κ3) is 3.17. The van der Waals surface area contributed by atoms with Gasteiger partial charge in [-0.2, -0.15) is 0 Å². The number of carbonyl (C=O) groups is 2. The molecule has 2 rings (SSSR count). The summed E-state index contributed by atoms with van der Waals surface area (Å²) < 4.78 is 5.40. The van der Waals surface area contributed by atoms with Crippen LogP contribution < -0.4 is 0 Å².